The third-order valence-corrected chi connectivity index (χ3v) is 7.45. The van der Waals surface area contributed by atoms with E-state index >= 15 is 0 Å². The fourth-order valence-electron chi connectivity index (χ4n) is 5.17. The number of nitrogens with one attached hydrogen (secondary N) is 3. The molecule has 5 rings (SSSR count). The van der Waals surface area contributed by atoms with Gasteiger partial charge in [0.2, 0.25) is 5.91 Å². The second-order valence-electron chi connectivity index (χ2n) is 10.7. The van der Waals surface area contributed by atoms with Crippen LogP contribution in [0, 0.1) is 0 Å². The minimum Gasteiger partial charge on any atom is -0.495 e. The van der Waals surface area contributed by atoms with E-state index in [1.807, 2.05) is 36.4 Å². The van der Waals surface area contributed by atoms with E-state index in [4.69, 9.17) is 14.2 Å². The topological polar surface area (TPSA) is 135 Å². The van der Waals surface area contributed by atoms with Crippen LogP contribution in [0.1, 0.15) is 41.6 Å². The van der Waals surface area contributed by atoms with Gasteiger partial charge in [-0.25, -0.2) is 9.59 Å². The van der Waals surface area contributed by atoms with Gasteiger partial charge < -0.3 is 35.3 Å². The average molecular weight is 610 g/mol. The Hall–Kier alpha value is -5.51. The van der Waals surface area contributed by atoms with Crippen molar-refractivity contribution < 1.29 is 33.7 Å². The predicted octanol–water partition coefficient (Wildman–Crippen LogP) is 6.88. The third-order valence-electron chi connectivity index (χ3n) is 7.45. The minimum absolute atomic E-state index is 0.0400. The molecule has 45 heavy (non-hydrogen) atoms. The summed E-state index contributed by atoms with van der Waals surface area (Å²) in [5.74, 6) is 1.21. The van der Waals surface area contributed by atoms with Gasteiger partial charge in [-0.2, -0.15) is 0 Å². The summed E-state index contributed by atoms with van der Waals surface area (Å²) in [4.78, 5) is 36.3. The van der Waals surface area contributed by atoms with Crippen molar-refractivity contribution in [1.82, 2.24) is 5.32 Å². The number of ether oxygens (including phenoxy) is 3. The van der Waals surface area contributed by atoms with E-state index in [1.165, 1.54) is 6.07 Å². The average Bonchev–Trinajstić information content (AvgIpc) is 3.04. The van der Waals surface area contributed by atoms with Crippen LogP contribution >= 0.6 is 0 Å². The molecular formula is C35H35N3O7. The largest absolute Gasteiger partial charge is 0.495 e. The SMILES string of the molecule is COc1ccccc1NC(=O)NC1CCC(Oc2ccc(Oc3ccc(CC(=O)Nc4ccccc4C(=O)O)cc3)cc2)CC1. The van der Waals surface area contributed by atoms with Gasteiger partial charge in [-0.3, -0.25) is 4.79 Å². The number of benzene rings is 4. The summed E-state index contributed by atoms with van der Waals surface area (Å²) in [6.45, 7) is 0. The summed E-state index contributed by atoms with van der Waals surface area (Å²) in [6.07, 6.45) is 3.45. The van der Waals surface area contributed by atoms with E-state index in [-0.39, 0.29) is 41.8 Å². The van der Waals surface area contributed by atoms with Crippen LogP contribution < -0.4 is 30.2 Å². The summed E-state index contributed by atoms with van der Waals surface area (Å²) in [7, 11) is 1.57. The first-order chi connectivity index (χ1) is 21.9. The van der Waals surface area contributed by atoms with Crippen LogP contribution in [0.15, 0.2) is 97.1 Å². The molecule has 3 amide bonds. The molecule has 4 N–H and O–H groups in total. The first kappa shape index (κ1) is 30.9. The summed E-state index contributed by atoms with van der Waals surface area (Å²) >= 11 is 0. The normalized spacial score (nSPS) is 15.8. The predicted molar refractivity (Wildman–Crippen MR) is 171 cm³/mol. The Morgan fingerprint density at radius 3 is 2.00 bits per heavy atom. The fourth-order valence-corrected chi connectivity index (χ4v) is 5.17. The summed E-state index contributed by atoms with van der Waals surface area (Å²) in [5.41, 5.74) is 1.69. The molecule has 0 spiro atoms. The van der Waals surface area contributed by atoms with Crippen LogP contribution in [0.25, 0.3) is 0 Å². The van der Waals surface area contributed by atoms with Gasteiger partial charge in [0.15, 0.2) is 0 Å². The van der Waals surface area contributed by atoms with E-state index in [9.17, 15) is 19.5 Å². The van der Waals surface area contributed by atoms with Crippen LogP contribution in [0.2, 0.25) is 0 Å². The first-order valence-electron chi connectivity index (χ1n) is 14.7. The molecule has 0 heterocycles. The van der Waals surface area contributed by atoms with Crippen LogP contribution in [0.3, 0.4) is 0 Å². The van der Waals surface area contributed by atoms with Gasteiger partial charge in [0.25, 0.3) is 0 Å². The Kier molecular flexibility index (Phi) is 10.2. The highest BCUT2D eigenvalue weighted by Crippen LogP contribution is 2.28. The number of methoxy groups -OCH3 is 1. The number of rotatable bonds is 11. The highest BCUT2D eigenvalue weighted by molar-refractivity contribution is 6.01. The van der Waals surface area contributed by atoms with Gasteiger partial charge in [0.1, 0.15) is 23.0 Å². The molecule has 4 aromatic carbocycles. The monoisotopic (exact) mass is 609 g/mol. The molecule has 0 bridgehead atoms. The van der Waals surface area contributed by atoms with Crippen molar-refractivity contribution in [3.8, 4) is 23.0 Å². The van der Waals surface area contributed by atoms with Crippen LogP contribution in [-0.2, 0) is 11.2 Å². The van der Waals surface area contributed by atoms with Gasteiger partial charge in [-0.05, 0) is 91.9 Å². The molecule has 10 nitrogen and oxygen atoms in total. The molecule has 232 valence electrons. The summed E-state index contributed by atoms with van der Waals surface area (Å²) in [6, 6.07) is 28.0. The Balaban J connectivity index is 1.04. The van der Waals surface area contributed by atoms with Crippen molar-refractivity contribution in [2.75, 3.05) is 17.7 Å². The number of carbonyl (C=O) groups excluding carboxylic acids is 2. The lowest BCUT2D eigenvalue weighted by atomic mass is 9.93. The maximum atomic E-state index is 12.5. The fraction of sp³-hybridized carbons (Fsp3) is 0.229. The number of carboxylic acid groups (broad SMARTS) is 1. The Bertz CT molecular complexity index is 1620. The van der Waals surface area contributed by atoms with E-state index in [2.05, 4.69) is 16.0 Å². The van der Waals surface area contributed by atoms with Gasteiger partial charge in [0.05, 0.1) is 36.6 Å². The second-order valence-corrected chi connectivity index (χ2v) is 10.7. The lowest BCUT2D eigenvalue weighted by Gasteiger charge is -2.29. The number of anilines is 2. The number of urea groups is 1. The Labute approximate surface area is 261 Å². The lowest BCUT2D eigenvalue weighted by molar-refractivity contribution is -0.115. The molecule has 0 radical (unpaired) electrons. The zero-order valence-electron chi connectivity index (χ0n) is 24.8. The Morgan fingerprint density at radius 1 is 0.733 bits per heavy atom. The molecular weight excluding hydrogens is 574 g/mol. The summed E-state index contributed by atoms with van der Waals surface area (Å²) in [5, 5.41) is 17.9. The molecule has 10 heteroatoms. The number of hydrogen-bond acceptors (Lipinski definition) is 6. The minimum atomic E-state index is -1.10. The summed E-state index contributed by atoms with van der Waals surface area (Å²) < 4.78 is 17.4. The van der Waals surface area contributed by atoms with E-state index in [0.717, 1.165) is 37.0 Å². The van der Waals surface area contributed by atoms with E-state index < -0.39 is 5.97 Å². The molecule has 1 aliphatic rings. The highest BCUT2D eigenvalue weighted by atomic mass is 16.5. The number of para-hydroxylation sites is 3. The van der Waals surface area contributed by atoms with E-state index in [0.29, 0.717) is 22.9 Å². The maximum Gasteiger partial charge on any atom is 0.337 e. The van der Waals surface area contributed by atoms with Crippen molar-refractivity contribution in [3.05, 3.63) is 108 Å². The van der Waals surface area contributed by atoms with Gasteiger partial charge >= 0.3 is 12.0 Å². The van der Waals surface area contributed by atoms with Crippen molar-refractivity contribution in [3.63, 3.8) is 0 Å². The van der Waals surface area contributed by atoms with Crippen molar-refractivity contribution in [2.45, 2.75) is 44.2 Å². The molecule has 1 aliphatic carbocycles. The van der Waals surface area contributed by atoms with Crippen LogP contribution in [0.5, 0.6) is 23.0 Å². The van der Waals surface area contributed by atoms with E-state index in [1.54, 1.807) is 61.7 Å². The molecule has 0 aliphatic heterocycles. The molecule has 1 saturated carbocycles. The van der Waals surface area contributed by atoms with Crippen molar-refractivity contribution in [1.29, 1.82) is 0 Å². The quantitative estimate of drug-likeness (QED) is 0.146. The molecule has 1 fully saturated rings. The number of carboxylic acids is 1. The number of hydrogen-bond donors (Lipinski definition) is 4. The van der Waals surface area contributed by atoms with Gasteiger partial charge in [-0.15, -0.1) is 0 Å². The van der Waals surface area contributed by atoms with Crippen molar-refractivity contribution in [2.24, 2.45) is 0 Å². The smallest absolute Gasteiger partial charge is 0.337 e. The third kappa shape index (κ3) is 8.76. The molecule has 0 atom stereocenters. The molecule has 4 aromatic rings. The lowest BCUT2D eigenvalue weighted by Crippen LogP contribution is -2.41. The molecule has 0 unspecified atom stereocenters. The van der Waals surface area contributed by atoms with Crippen molar-refractivity contribution >= 4 is 29.3 Å². The van der Waals surface area contributed by atoms with Gasteiger partial charge in [0, 0.05) is 6.04 Å². The molecule has 0 saturated heterocycles. The number of amides is 3. The maximum absolute atomic E-state index is 12.5. The zero-order valence-corrected chi connectivity index (χ0v) is 24.8. The zero-order chi connectivity index (χ0) is 31.6. The van der Waals surface area contributed by atoms with Crippen LogP contribution in [-0.4, -0.2) is 42.3 Å². The Morgan fingerprint density at radius 2 is 1.33 bits per heavy atom. The molecule has 0 aromatic heterocycles. The number of aromatic carboxylic acids is 1. The number of carbonyl (C=O) groups is 3. The van der Waals surface area contributed by atoms with Crippen LogP contribution in [0.4, 0.5) is 16.2 Å². The second kappa shape index (κ2) is 14.8. The van der Waals surface area contributed by atoms with Gasteiger partial charge in [-0.1, -0.05) is 36.4 Å². The first-order valence-corrected chi connectivity index (χ1v) is 14.7. The standard InChI is InChI=1S/C35H35N3O7/c1-43-32-9-5-4-8-31(32)38-35(42)36-24-12-16-26(17-13-24)45-28-20-18-27(19-21-28)44-25-14-10-23(11-15-25)22-33(39)37-30-7-3-2-6-29(30)34(40)41/h2-11,14-15,18-21,24,26H,12-13,16-17,22H2,1H3,(H,37,39)(H,40,41)(H2,36,38,42). The highest BCUT2D eigenvalue weighted by Gasteiger charge is 2.24.